The molecule has 0 bridgehead atoms. The van der Waals surface area contributed by atoms with Crippen LogP contribution in [0.25, 0.3) is 21.5 Å². The number of hydrogen-bond acceptors (Lipinski definition) is 2. The van der Waals surface area contributed by atoms with Gasteiger partial charge in [-0.05, 0) is 39.6 Å². The minimum absolute atomic E-state index is 0.0745. The van der Waals surface area contributed by atoms with E-state index in [2.05, 4.69) is 72.9 Å². The van der Waals surface area contributed by atoms with Crippen molar-refractivity contribution in [2.75, 3.05) is 0 Å². The Morgan fingerprint density at radius 3 is 2.16 bits per heavy atom. The van der Waals surface area contributed by atoms with Crippen molar-refractivity contribution in [2.24, 2.45) is 0 Å². The smallest absolute Gasteiger partial charge is 0.0955 e. The van der Waals surface area contributed by atoms with Crippen LogP contribution >= 0.6 is 0 Å². The average Bonchev–Trinajstić information content (AvgIpc) is 2.66. The third-order valence-electron chi connectivity index (χ3n) is 4.91. The summed E-state index contributed by atoms with van der Waals surface area (Å²) in [5.74, 6) is 0. The molecule has 0 saturated carbocycles. The third-order valence-corrected chi connectivity index (χ3v) is 4.91. The van der Waals surface area contributed by atoms with Crippen molar-refractivity contribution < 1.29 is 0 Å². The van der Waals surface area contributed by atoms with Gasteiger partial charge < -0.3 is 0 Å². The Labute approximate surface area is 150 Å². The molecule has 25 heavy (non-hydrogen) atoms. The quantitative estimate of drug-likeness (QED) is 0.409. The van der Waals surface area contributed by atoms with E-state index in [4.69, 9.17) is 0 Å². The van der Waals surface area contributed by atoms with Crippen LogP contribution < -0.4 is 5.32 Å². The van der Waals surface area contributed by atoms with Gasteiger partial charge in [-0.25, -0.2) is 0 Å². The summed E-state index contributed by atoms with van der Waals surface area (Å²) in [5, 5.41) is 18.0. The van der Waals surface area contributed by atoms with Crippen LogP contribution in [0.15, 0.2) is 54.6 Å². The number of hydrogen-bond donors (Lipinski definition) is 1. The molecule has 1 atom stereocenters. The maximum absolute atomic E-state index is 9.47. The first-order chi connectivity index (χ1) is 12.3. The summed E-state index contributed by atoms with van der Waals surface area (Å²) < 4.78 is 0. The first-order valence-corrected chi connectivity index (χ1v) is 9.36. The van der Waals surface area contributed by atoms with Gasteiger partial charge in [-0.15, -0.1) is 0 Å². The molecule has 0 aromatic heterocycles. The van der Waals surface area contributed by atoms with Crippen molar-refractivity contribution in [1.82, 2.24) is 5.32 Å². The first-order valence-electron chi connectivity index (χ1n) is 9.36. The predicted molar refractivity (Wildman–Crippen MR) is 106 cm³/mol. The average molecular weight is 330 g/mol. The molecule has 3 rings (SSSR count). The van der Waals surface area contributed by atoms with Crippen molar-refractivity contribution >= 4 is 21.5 Å². The lowest BCUT2D eigenvalue weighted by atomic mass is 9.96. The molecule has 3 aromatic rings. The molecule has 0 unspecified atom stereocenters. The van der Waals surface area contributed by atoms with Crippen molar-refractivity contribution in [3.63, 3.8) is 0 Å². The van der Waals surface area contributed by atoms with E-state index in [0.717, 1.165) is 19.4 Å². The molecule has 0 aliphatic heterocycles. The maximum atomic E-state index is 9.47. The monoisotopic (exact) mass is 330 g/mol. The molecule has 0 fully saturated rings. The van der Waals surface area contributed by atoms with E-state index in [1.54, 1.807) is 0 Å². The minimum atomic E-state index is -0.0745. The number of nitriles is 1. The molecule has 0 spiro atoms. The molecule has 0 radical (unpaired) electrons. The lowest BCUT2D eigenvalue weighted by Gasteiger charge is -2.15. The maximum Gasteiger partial charge on any atom is 0.0955 e. The van der Waals surface area contributed by atoms with Crippen molar-refractivity contribution in [2.45, 2.75) is 51.6 Å². The summed E-state index contributed by atoms with van der Waals surface area (Å²) in [7, 11) is 0. The zero-order valence-electron chi connectivity index (χ0n) is 15.0. The summed E-state index contributed by atoms with van der Waals surface area (Å²) in [5.41, 5.74) is 1.29. The van der Waals surface area contributed by atoms with Crippen LogP contribution in [0.3, 0.4) is 0 Å². The van der Waals surface area contributed by atoms with E-state index >= 15 is 0 Å². The molecule has 0 heterocycles. The molecule has 0 aliphatic carbocycles. The normalized spacial score (nSPS) is 12.3. The van der Waals surface area contributed by atoms with Gasteiger partial charge in [0.15, 0.2) is 0 Å². The van der Waals surface area contributed by atoms with E-state index in [1.165, 1.54) is 46.4 Å². The van der Waals surface area contributed by atoms with Gasteiger partial charge in [-0.1, -0.05) is 81.1 Å². The fourth-order valence-electron chi connectivity index (χ4n) is 3.51. The van der Waals surface area contributed by atoms with Crippen molar-refractivity contribution in [3.05, 3.63) is 60.2 Å². The predicted octanol–water partition coefficient (Wildman–Crippen LogP) is 5.95. The zero-order valence-corrected chi connectivity index (χ0v) is 15.0. The van der Waals surface area contributed by atoms with Gasteiger partial charge in [0.05, 0.1) is 12.1 Å². The zero-order chi connectivity index (χ0) is 17.5. The highest BCUT2D eigenvalue weighted by Crippen LogP contribution is 2.28. The lowest BCUT2D eigenvalue weighted by Crippen LogP contribution is -2.27. The fraction of sp³-hybridized carbons (Fsp3) is 0.348. The summed E-state index contributed by atoms with van der Waals surface area (Å²) in [4.78, 5) is 0. The fourth-order valence-corrected chi connectivity index (χ4v) is 3.51. The summed E-state index contributed by atoms with van der Waals surface area (Å²) in [6.07, 6.45) is 5.75. The SMILES string of the molecule is CCCCCC[C@H](C#N)NCc1c2ccccc2cc2ccccc12. The highest BCUT2D eigenvalue weighted by Gasteiger charge is 2.11. The molecule has 0 aliphatic rings. The van der Waals surface area contributed by atoms with Crippen LogP contribution in [0, 0.1) is 11.3 Å². The Balaban J connectivity index is 1.83. The topological polar surface area (TPSA) is 35.8 Å². The van der Waals surface area contributed by atoms with Crippen LogP contribution in [-0.2, 0) is 6.54 Å². The largest absolute Gasteiger partial charge is 0.298 e. The third kappa shape index (κ3) is 4.18. The highest BCUT2D eigenvalue weighted by atomic mass is 14.9. The molecule has 1 N–H and O–H groups in total. The van der Waals surface area contributed by atoms with Gasteiger partial charge in [0.2, 0.25) is 0 Å². The first kappa shape index (κ1) is 17.5. The molecule has 2 nitrogen and oxygen atoms in total. The Bertz CT molecular complexity index is 822. The van der Waals surface area contributed by atoms with E-state index in [1.807, 2.05) is 0 Å². The number of rotatable bonds is 8. The molecule has 128 valence electrons. The van der Waals surface area contributed by atoms with Crippen LogP contribution in [0.2, 0.25) is 0 Å². The van der Waals surface area contributed by atoms with E-state index in [0.29, 0.717) is 0 Å². The molecule has 2 heteroatoms. The van der Waals surface area contributed by atoms with Crippen LogP contribution in [0.4, 0.5) is 0 Å². The Hall–Kier alpha value is -2.37. The summed E-state index contributed by atoms with van der Waals surface area (Å²) in [6, 6.07) is 21.7. The van der Waals surface area contributed by atoms with Gasteiger partial charge in [0, 0.05) is 6.54 Å². The van der Waals surface area contributed by atoms with Crippen molar-refractivity contribution in [1.29, 1.82) is 5.26 Å². The number of benzene rings is 3. The second-order valence-electron chi connectivity index (χ2n) is 6.71. The van der Waals surface area contributed by atoms with Crippen LogP contribution in [0.1, 0.15) is 44.6 Å². The van der Waals surface area contributed by atoms with Crippen LogP contribution in [-0.4, -0.2) is 6.04 Å². The van der Waals surface area contributed by atoms with Crippen molar-refractivity contribution in [3.8, 4) is 6.07 Å². The number of unbranched alkanes of at least 4 members (excludes halogenated alkanes) is 3. The standard InChI is InChI=1S/C23H26N2/c1-2-3-4-5-12-20(16-24)25-17-23-21-13-8-6-10-18(21)15-19-11-7-9-14-22(19)23/h6-11,13-15,20,25H,2-5,12,17H2,1H3/t20-/m1/s1. The molecule has 0 amide bonds. The summed E-state index contributed by atoms with van der Waals surface area (Å²) >= 11 is 0. The number of nitrogens with one attached hydrogen (secondary N) is 1. The van der Waals surface area contributed by atoms with E-state index < -0.39 is 0 Å². The van der Waals surface area contributed by atoms with Gasteiger partial charge in [-0.3, -0.25) is 5.32 Å². The van der Waals surface area contributed by atoms with Crippen LogP contribution in [0.5, 0.6) is 0 Å². The van der Waals surface area contributed by atoms with Gasteiger partial charge in [-0.2, -0.15) is 5.26 Å². The number of nitrogens with zero attached hydrogens (tertiary/aromatic N) is 1. The summed E-state index contributed by atoms with van der Waals surface area (Å²) in [6.45, 7) is 2.94. The molecule has 0 saturated heterocycles. The van der Waals surface area contributed by atoms with E-state index in [9.17, 15) is 5.26 Å². The highest BCUT2D eigenvalue weighted by molar-refractivity contribution is 6.02. The molecular formula is C23H26N2. The minimum Gasteiger partial charge on any atom is -0.298 e. The molecular weight excluding hydrogens is 304 g/mol. The number of fused-ring (bicyclic) bond motifs is 2. The Morgan fingerprint density at radius 2 is 1.56 bits per heavy atom. The van der Waals surface area contributed by atoms with Gasteiger partial charge in [0.25, 0.3) is 0 Å². The lowest BCUT2D eigenvalue weighted by molar-refractivity contribution is 0.525. The van der Waals surface area contributed by atoms with Gasteiger partial charge >= 0.3 is 0 Å². The van der Waals surface area contributed by atoms with Gasteiger partial charge in [0.1, 0.15) is 0 Å². The molecule has 3 aromatic carbocycles. The Morgan fingerprint density at radius 1 is 0.920 bits per heavy atom. The second kappa shape index (κ2) is 8.65. The second-order valence-corrected chi connectivity index (χ2v) is 6.71. The van der Waals surface area contributed by atoms with E-state index in [-0.39, 0.29) is 6.04 Å². The Kier molecular flexibility index (Phi) is 6.04.